The van der Waals surface area contributed by atoms with Crippen LogP contribution in [0.1, 0.15) is 12.5 Å². The van der Waals surface area contributed by atoms with E-state index in [0.717, 1.165) is 0 Å². The summed E-state index contributed by atoms with van der Waals surface area (Å²) in [5, 5.41) is 2.84. The fourth-order valence-corrected chi connectivity index (χ4v) is 1.04. The predicted octanol–water partition coefficient (Wildman–Crippen LogP) is 0.00150. The summed E-state index contributed by atoms with van der Waals surface area (Å²) in [4.78, 5) is 15.1. The summed E-state index contributed by atoms with van der Waals surface area (Å²) in [5.41, 5.74) is 11.2. The van der Waals surface area contributed by atoms with Gasteiger partial charge >= 0.3 is 0 Å². The summed E-state index contributed by atoms with van der Waals surface area (Å²) in [6, 6.07) is 2.95. The van der Waals surface area contributed by atoms with Crippen LogP contribution >= 0.6 is 12.2 Å². The van der Waals surface area contributed by atoms with E-state index in [2.05, 4.69) is 10.3 Å². The molecule has 1 heterocycles. The van der Waals surface area contributed by atoms with Crippen molar-refractivity contribution in [2.24, 2.45) is 11.5 Å². The number of primary amides is 1. The van der Waals surface area contributed by atoms with Crippen LogP contribution in [-0.2, 0) is 4.79 Å². The van der Waals surface area contributed by atoms with Crippen molar-refractivity contribution in [2.75, 3.05) is 5.32 Å². The van der Waals surface area contributed by atoms with Crippen molar-refractivity contribution >= 4 is 28.9 Å². The molecule has 1 rings (SSSR count). The van der Waals surface area contributed by atoms with Crippen molar-refractivity contribution in [1.29, 1.82) is 0 Å². The summed E-state index contributed by atoms with van der Waals surface area (Å²) in [5.74, 6) is 0.122. The number of amides is 1. The zero-order valence-electron chi connectivity index (χ0n) is 8.23. The molecule has 1 aromatic heterocycles. The van der Waals surface area contributed by atoms with E-state index < -0.39 is 11.9 Å². The fourth-order valence-electron chi connectivity index (χ4n) is 0.918. The standard InChI is InChI=1S/C9H12N4OS/c1-5(8(10)14)13-7-3-2-6(4-12-7)9(11)15/h2-5H,1H3,(H2,10,14)(H2,11,15)(H,12,13). The van der Waals surface area contributed by atoms with Crippen molar-refractivity contribution in [1.82, 2.24) is 4.98 Å². The third kappa shape index (κ3) is 3.17. The van der Waals surface area contributed by atoms with Crippen molar-refractivity contribution in [2.45, 2.75) is 13.0 Å². The molecule has 0 aliphatic rings. The van der Waals surface area contributed by atoms with Gasteiger partial charge in [0.1, 0.15) is 16.8 Å². The van der Waals surface area contributed by atoms with E-state index in [9.17, 15) is 4.79 Å². The molecule has 0 aliphatic heterocycles. The number of hydrogen-bond acceptors (Lipinski definition) is 4. The molecule has 0 aliphatic carbocycles. The fraction of sp³-hybridized carbons (Fsp3) is 0.222. The number of pyridine rings is 1. The highest BCUT2D eigenvalue weighted by molar-refractivity contribution is 7.80. The molecule has 15 heavy (non-hydrogen) atoms. The van der Waals surface area contributed by atoms with Gasteiger partial charge in [-0.15, -0.1) is 0 Å². The van der Waals surface area contributed by atoms with E-state index in [1.807, 2.05) is 0 Å². The molecule has 0 aromatic carbocycles. The minimum atomic E-state index is -0.465. The van der Waals surface area contributed by atoms with E-state index in [1.165, 1.54) is 0 Å². The molecule has 1 amide bonds. The highest BCUT2D eigenvalue weighted by Crippen LogP contribution is 2.06. The molecule has 1 aromatic rings. The number of hydrogen-bond donors (Lipinski definition) is 3. The van der Waals surface area contributed by atoms with E-state index >= 15 is 0 Å². The first-order valence-electron chi connectivity index (χ1n) is 4.32. The minimum Gasteiger partial charge on any atom is -0.389 e. The molecule has 0 bridgehead atoms. The number of nitrogens with zero attached hydrogens (tertiary/aromatic N) is 1. The summed E-state index contributed by atoms with van der Waals surface area (Å²) in [6.07, 6.45) is 1.54. The first-order chi connectivity index (χ1) is 7.00. The highest BCUT2D eigenvalue weighted by atomic mass is 32.1. The Bertz CT molecular complexity index is 376. The second-order valence-electron chi connectivity index (χ2n) is 3.06. The van der Waals surface area contributed by atoms with Gasteiger partial charge < -0.3 is 16.8 Å². The summed E-state index contributed by atoms with van der Waals surface area (Å²) in [6.45, 7) is 1.66. The van der Waals surface area contributed by atoms with Gasteiger partial charge in [0.15, 0.2) is 0 Å². The molecule has 0 saturated heterocycles. The quantitative estimate of drug-likeness (QED) is 0.626. The second kappa shape index (κ2) is 4.70. The topological polar surface area (TPSA) is 94.0 Å². The van der Waals surface area contributed by atoms with Crippen LogP contribution in [0.15, 0.2) is 18.3 Å². The summed E-state index contributed by atoms with van der Waals surface area (Å²) in [7, 11) is 0. The first kappa shape index (κ1) is 11.4. The maximum atomic E-state index is 10.8. The lowest BCUT2D eigenvalue weighted by atomic mass is 10.2. The van der Waals surface area contributed by atoms with Gasteiger partial charge in [0, 0.05) is 11.8 Å². The lowest BCUT2D eigenvalue weighted by molar-refractivity contribution is -0.118. The molecule has 6 heteroatoms. The Labute approximate surface area is 92.9 Å². The molecule has 5 nitrogen and oxygen atoms in total. The lowest BCUT2D eigenvalue weighted by Crippen LogP contribution is -2.32. The molecule has 0 saturated carbocycles. The van der Waals surface area contributed by atoms with Gasteiger partial charge in [0.05, 0.1) is 0 Å². The van der Waals surface area contributed by atoms with E-state index in [-0.39, 0.29) is 4.99 Å². The van der Waals surface area contributed by atoms with Gasteiger partial charge in [-0.05, 0) is 19.1 Å². The highest BCUT2D eigenvalue weighted by Gasteiger charge is 2.08. The SMILES string of the molecule is CC(Nc1ccc(C(N)=S)cn1)C(N)=O. The van der Waals surface area contributed by atoms with Gasteiger partial charge in [-0.25, -0.2) is 4.98 Å². The molecule has 80 valence electrons. The van der Waals surface area contributed by atoms with Crippen LogP contribution in [0.5, 0.6) is 0 Å². The Morgan fingerprint density at radius 1 is 1.53 bits per heavy atom. The number of nitrogens with one attached hydrogen (secondary N) is 1. The van der Waals surface area contributed by atoms with Gasteiger partial charge in [-0.3, -0.25) is 4.79 Å². The maximum Gasteiger partial charge on any atom is 0.239 e. The Morgan fingerprint density at radius 3 is 2.60 bits per heavy atom. The zero-order chi connectivity index (χ0) is 11.4. The Morgan fingerprint density at radius 2 is 2.20 bits per heavy atom. The number of anilines is 1. The van der Waals surface area contributed by atoms with Gasteiger partial charge in [0.25, 0.3) is 0 Å². The minimum absolute atomic E-state index is 0.289. The summed E-state index contributed by atoms with van der Waals surface area (Å²) >= 11 is 4.78. The van der Waals surface area contributed by atoms with Crippen molar-refractivity contribution < 1.29 is 4.79 Å². The Kier molecular flexibility index (Phi) is 3.56. The predicted molar refractivity (Wildman–Crippen MR) is 62.4 cm³/mol. The molecular weight excluding hydrogens is 212 g/mol. The first-order valence-corrected chi connectivity index (χ1v) is 4.73. The number of thiocarbonyl (C=S) groups is 1. The number of carbonyl (C=O) groups excluding carboxylic acids is 1. The van der Waals surface area contributed by atoms with E-state index in [1.54, 1.807) is 25.3 Å². The zero-order valence-corrected chi connectivity index (χ0v) is 9.04. The molecule has 5 N–H and O–H groups in total. The number of nitrogens with two attached hydrogens (primary N) is 2. The smallest absolute Gasteiger partial charge is 0.239 e. The molecule has 1 unspecified atom stereocenters. The average Bonchev–Trinajstić information content (AvgIpc) is 2.18. The molecular formula is C9H12N4OS. The second-order valence-corrected chi connectivity index (χ2v) is 3.50. The van der Waals surface area contributed by atoms with Crippen LogP contribution in [0.25, 0.3) is 0 Å². The number of carbonyl (C=O) groups is 1. The largest absolute Gasteiger partial charge is 0.389 e. The number of aromatic nitrogens is 1. The van der Waals surface area contributed by atoms with Crippen LogP contribution in [0.2, 0.25) is 0 Å². The molecule has 1 atom stereocenters. The normalized spacial score (nSPS) is 11.8. The molecule has 0 spiro atoms. The molecule has 0 radical (unpaired) electrons. The maximum absolute atomic E-state index is 10.8. The van der Waals surface area contributed by atoms with Gasteiger partial charge in [-0.1, -0.05) is 12.2 Å². The third-order valence-electron chi connectivity index (χ3n) is 1.84. The monoisotopic (exact) mass is 224 g/mol. The lowest BCUT2D eigenvalue weighted by Gasteiger charge is -2.10. The summed E-state index contributed by atoms with van der Waals surface area (Å²) < 4.78 is 0. The van der Waals surface area contributed by atoms with Crippen LogP contribution in [0, 0.1) is 0 Å². The van der Waals surface area contributed by atoms with Crippen LogP contribution in [0.3, 0.4) is 0 Å². The Hall–Kier alpha value is -1.69. The van der Waals surface area contributed by atoms with E-state index in [0.29, 0.717) is 11.4 Å². The van der Waals surface area contributed by atoms with Crippen LogP contribution in [-0.4, -0.2) is 21.9 Å². The van der Waals surface area contributed by atoms with E-state index in [4.69, 9.17) is 23.7 Å². The van der Waals surface area contributed by atoms with Crippen molar-refractivity contribution in [3.8, 4) is 0 Å². The third-order valence-corrected chi connectivity index (χ3v) is 2.07. The van der Waals surface area contributed by atoms with Crippen LogP contribution in [0.4, 0.5) is 5.82 Å². The average molecular weight is 224 g/mol. The van der Waals surface area contributed by atoms with Gasteiger partial charge in [0.2, 0.25) is 5.91 Å². The van der Waals surface area contributed by atoms with Crippen molar-refractivity contribution in [3.05, 3.63) is 23.9 Å². The Balaban J connectivity index is 2.72. The number of rotatable bonds is 4. The van der Waals surface area contributed by atoms with Crippen molar-refractivity contribution in [3.63, 3.8) is 0 Å². The van der Waals surface area contributed by atoms with Gasteiger partial charge in [-0.2, -0.15) is 0 Å². The van der Waals surface area contributed by atoms with Crippen LogP contribution < -0.4 is 16.8 Å². The molecule has 0 fully saturated rings.